The van der Waals surface area contributed by atoms with Gasteiger partial charge in [-0.25, -0.2) is 0 Å². The Morgan fingerprint density at radius 3 is 2.75 bits per heavy atom. The Hall–Kier alpha value is -0.610. The Morgan fingerprint density at radius 1 is 1.25 bits per heavy atom. The number of carboxylic acid groups (broad SMARTS) is 1. The lowest BCUT2D eigenvalue weighted by Gasteiger charge is -2.36. The van der Waals surface area contributed by atoms with Crippen molar-refractivity contribution in [1.29, 1.82) is 0 Å². The number of carbonyl (C=O) groups is 1. The first-order chi connectivity index (χ1) is 7.77. The van der Waals surface area contributed by atoms with E-state index < -0.39 is 5.97 Å². The summed E-state index contributed by atoms with van der Waals surface area (Å²) in [4.78, 5) is 13.2. The van der Waals surface area contributed by atoms with Crippen LogP contribution in [0.5, 0.6) is 0 Å². The molecule has 2 aliphatic heterocycles. The number of carboxylic acids is 1. The lowest BCUT2D eigenvalue weighted by atomic mass is 10.0. The molecule has 1 N–H and O–H groups in total. The number of nitrogens with zero attached hydrogens (tertiary/aromatic N) is 1. The van der Waals surface area contributed by atoms with E-state index in [4.69, 9.17) is 9.84 Å². The van der Waals surface area contributed by atoms with Crippen molar-refractivity contribution < 1.29 is 14.6 Å². The molecule has 4 nitrogen and oxygen atoms in total. The van der Waals surface area contributed by atoms with Gasteiger partial charge in [0.05, 0.1) is 6.10 Å². The molecule has 0 aromatic carbocycles. The van der Waals surface area contributed by atoms with E-state index in [0.717, 1.165) is 51.8 Å². The third-order valence-electron chi connectivity index (χ3n) is 3.61. The number of hydrogen-bond donors (Lipinski definition) is 1. The molecule has 2 atom stereocenters. The topological polar surface area (TPSA) is 49.8 Å². The van der Waals surface area contributed by atoms with Crippen molar-refractivity contribution >= 4 is 5.97 Å². The molecule has 0 aromatic rings. The number of likely N-dealkylation sites (tertiary alicyclic amines) is 1. The molecule has 92 valence electrons. The Morgan fingerprint density at radius 2 is 2.06 bits per heavy atom. The summed E-state index contributed by atoms with van der Waals surface area (Å²) in [6, 6.07) is -0.278. The molecule has 2 fully saturated rings. The third kappa shape index (κ3) is 2.95. The first-order valence-electron chi connectivity index (χ1n) is 6.36. The molecular weight excluding hydrogens is 206 g/mol. The Kier molecular flexibility index (Phi) is 4.18. The van der Waals surface area contributed by atoms with E-state index in [-0.39, 0.29) is 12.1 Å². The molecular formula is C12H21NO3. The fraction of sp³-hybridized carbons (Fsp3) is 0.917. The molecule has 2 saturated heterocycles. The lowest BCUT2D eigenvalue weighted by molar-refractivity contribution is -0.145. The Labute approximate surface area is 96.6 Å². The van der Waals surface area contributed by atoms with Gasteiger partial charge in [0.2, 0.25) is 0 Å². The fourth-order valence-corrected chi connectivity index (χ4v) is 2.70. The highest BCUT2D eigenvalue weighted by molar-refractivity contribution is 5.73. The summed E-state index contributed by atoms with van der Waals surface area (Å²) in [5.74, 6) is -0.671. The zero-order valence-electron chi connectivity index (χ0n) is 9.73. The number of rotatable bonds is 3. The summed E-state index contributed by atoms with van der Waals surface area (Å²) in [5, 5.41) is 9.16. The predicted molar refractivity (Wildman–Crippen MR) is 60.4 cm³/mol. The summed E-state index contributed by atoms with van der Waals surface area (Å²) in [6.45, 7) is 2.56. The van der Waals surface area contributed by atoms with Crippen molar-refractivity contribution in [3.63, 3.8) is 0 Å². The van der Waals surface area contributed by atoms with Gasteiger partial charge in [-0.15, -0.1) is 0 Å². The van der Waals surface area contributed by atoms with Gasteiger partial charge in [-0.05, 0) is 38.6 Å². The molecule has 16 heavy (non-hydrogen) atoms. The first-order valence-corrected chi connectivity index (χ1v) is 6.36. The van der Waals surface area contributed by atoms with Crippen molar-refractivity contribution in [2.45, 2.75) is 50.7 Å². The molecule has 0 aliphatic carbocycles. The molecule has 0 bridgehead atoms. The average Bonchev–Trinajstić information content (AvgIpc) is 2.31. The van der Waals surface area contributed by atoms with Gasteiger partial charge in [0, 0.05) is 13.2 Å². The van der Waals surface area contributed by atoms with Crippen LogP contribution in [-0.2, 0) is 9.53 Å². The summed E-state index contributed by atoms with van der Waals surface area (Å²) in [7, 11) is 0. The molecule has 0 aromatic heterocycles. The Balaban J connectivity index is 1.87. The lowest BCUT2D eigenvalue weighted by Crippen LogP contribution is -2.48. The third-order valence-corrected chi connectivity index (χ3v) is 3.61. The molecule has 0 amide bonds. The maximum Gasteiger partial charge on any atom is 0.320 e. The van der Waals surface area contributed by atoms with Crippen LogP contribution in [0.1, 0.15) is 38.5 Å². The van der Waals surface area contributed by atoms with Crippen LogP contribution in [-0.4, -0.2) is 47.8 Å². The minimum atomic E-state index is -0.671. The molecule has 2 heterocycles. The predicted octanol–water partition coefficient (Wildman–Crippen LogP) is 1.49. The van der Waals surface area contributed by atoms with Crippen molar-refractivity contribution in [2.75, 3.05) is 19.7 Å². The first kappa shape index (κ1) is 11.9. The van der Waals surface area contributed by atoms with Gasteiger partial charge >= 0.3 is 5.97 Å². The maximum atomic E-state index is 11.1. The second-order valence-electron chi connectivity index (χ2n) is 4.83. The quantitative estimate of drug-likeness (QED) is 0.793. The molecule has 0 spiro atoms. The van der Waals surface area contributed by atoms with Gasteiger partial charge in [0.1, 0.15) is 6.04 Å². The minimum Gasteiger partial charge on any atom is -0.480 e. The molecule has 2 aliphatic rings. The van der Waals surface area contributed by atoms with Crippen LogP contribution in [0, 0.1) is 0 Å². The van der Waals surface area contributed by atoms with Crippen LogP contribution < -0.4 is 0 Å². The van der Waals surface area contributed by atoms with E-state index in [1.165, 1.54) is 6.42 Å². The zero-order chi connectivity index (χ0) is 11.4. The summed E-state index contributed by atoms with van der Waals surface area (Å²) in [5.41, 5.74) is 0. The zero-order valence-corrected chi connectivity index (χ0v) is 9.73. The van der Waals surface area contributed by atoms with Crippen molar-refractivity contribution in [2.24, 2.45) is 0 Å². The van der Waals surface area contributed by atoms with Crippen LogP contribution in [0.15, 0.2) is 0 Å². The van der Waals surface area contributed by atoms with E-state index in [0.29, 0.717) is 0 Å². The van der Waals surface area contributed by atoms with E-state index in [2.05, 4.69) is 4.90 Å². The van der Waals surface area contributed by atoms with Gasteiger partial charge in [-0.2, -0.15) is 0 Å². The standard InChI is InChI=1S/C12H21NO3/c14-12(15)11-6-1-3-7-13(11)9-10-5-2-4-8-16-10/h10-11H,1-9H2,(H,14,15). The second kappa shape index (κ2) is 5.64. The van der Waals surface area contributed by atoms with Gasteiger partial charge in [0.25, 0.3) is 0 Å². The second-order valence-corrected chi connectivity index (χ2v) is 4.83. The average molecular weight is 227 g/mol. The highest BCUT2D eigenvalue weighted by Crippen LogP contribution is 2.21. The van der Waals surface area contributed by atoms with Crippen molar-refractivity contribution in [3.05, 3.63) is 0 Å². The van der Waals surface area contributed by atoms with Crippen LogP contribution >= 0.6 is 0 Å². The fourth-order valence-electron chi connectivity index (χ4n) is 2.70. The van der Waals surface area contributed by atoms with E-state index in [1.54, 1.807) is 0 Å². The number of piperidine rings is 1. The number of ether oxygens (including phenoxy) is 1. The normalized spacial score (nSPS) is 32.5. The van der Waals surface area contributed by atoms with E-state index >= 15 is 0 Å². The van der Waals surface area contributed by atoms with Crippen LogP contribution in [0.25, 0.3) is 0 Å². The van der Waals surface area contributed by atoms with E-state index in [9.17, 15) is 4.79 Å². The largest absolute Gasteiger partial charge is 0.480 e. The molecule has 4 heteroatoms. The molecule has 2 unspecified atom stereocenters. The minimum absolute atomic E-state index is 0.258. The highest BCUT2D eigenvalue weighted by Gasteiger charge is 2.30. The summed E-state index contributed by atoms with van der Waals surface area (Å²) in [6.07, 6.45) is 6.67. The van der Waals surface area contributed by atoms with E-state index in [1.807, 2.05) is 0 Å². The van der Waals surface area contributed by atoms with Crippen molar-refractivity contribution in [3.8, 4) is 0 Å². The van der Waals surface area contributed by atoms with Gasteiger partial charge in [0.15, 0.2) is 0 Å². The maximum absolute atomic E-state index is 11.1. The van der Waals surface area contributed by atoms with Crippen LogP contribution in [0.2, 0.25) is 0 Å². The SMILES string of the molecule is O=C(O)C1CCCCN1CC1CCCCO1. The smallest absolute Gasteiger partial charge is 0.320 e. The van der Waals surface area contributed by atoms with Gasteiger partial charge < -0.3 is 9.84 Å². The monoisotopic (exact) mass is 227 g/mol. The van der Waals surface area contributed by atoms with Crippen LogP contribution in [0.4, 0.5) is 0 Å². The summed E-state index contributed by atoms with van der Waals surface area (Å²) >= 11 is 0. The number of hydrogen-bond acceptors (Lipinski definition) is 3. The highest BCUT2D eigenvalue weighted by atomic mass is 16.5. The van der Waals surface area contributed by atoms with Crippen molar-refractivity contribution in [1.82, 2.24) is 4.90 Å². The summed E-state index contributed by atoms with van der Waals surface area (Å²) < 4.78 is 5.67. The van der Waals surface area contributed by atoms with Crippen LogP contribution in [0.3, 0.4) is 0 Å². The molecule has 2 rings (SSSR count). The van der Waals surface area contributed by atoms with Gasteiger partial charge in [-0.3, -0.25) is 9.69 Å². The molecule has 0 radical (unpaired) electrons. The Bertz CT molecular complexity index is 238. The number of aliphatic carboxylic acids is 1. The molecule has 0 saturated carbocycles. The van der Waals surface area contributed by atoms with Gasteiger partial charge in [-0.1, -0.05) is 6.42 Å².